The van der Waals surface area contributed by atoms with Crippen molar-refractivity contribution in [2.24, 2.45) is 0 Å². The highest BCUT2D eigenvalue weighted by atomic mass is 16.0. The fraction of sp³-hybridized carbons (Fsp3) is 0.500. The molecule has 1 heteroatoms. The van der Waals surface area contributed by atoms with Gasteiger partial charge in [0.15, 0.2) is 0 Å². The Kier molecular flexibility index (Phi) is 13.1. The van der Waals surface area contributed by atoms with Crippen molar-refractivity contribution < 1.29 is 5.48 Å². The fourth-order valence-corrected chi connectivity index (χ4v) is 0.526. The highest BCUT2D eigenvalue weighted by Crippen LogP contribution is 1.90. The summed E-state index contributed by atoms with van der Waals surface area (Å²) in [4.78, 5) is 0. The summed E-state index contributed by atoms with van der Waals surface area (Å²) in [6, 6.07) is 0. The molecule has 0 bridgehead atoms. The predicted octanol–water partition coefficient (Wildman–Crippen LogP) is 2.09. The van der Waals surface area contributed by atoms with Gasteiger partial charge >= 0.3 is 0 Å². The van der Waals surface area contributed by atoms with Gasteiger partial charge < -0.3 is 5.48 Å². The third kappa shape index (κ3) is 11.2. The minimum Gasteiger partial charge on any atom is -0.412 e. The predicted molar refractivity (Wildman–Crippen MR) is 42.5 cm³/mol. The lowest BCUT2D eigenvalue weighted by molar-refractivity contribution is 0.824. The zero-order valence-corrected chi connectivity index (χ0v) is 6.22. The van der Waals surface area contributed by atoms with Crippen LogP contribution in [0.4, 0.5) is 0 Å². The van der Waals surface area contributed by atoms with Gasteiger partial charge in [0.05, 0.1) is 0 Å². The number of rotatable bonds is 3. The SMILES string of the molecule is CC=CCCC=CC.O. The summed E-state index contributed by atoms with van der Waals surface area (Å²) in [5, 5.41) is 0. The van der Waals surface area contributed by atoms with Gasteiger partial charge in [-0.2, -0.15) is 0 Å². The summed E-state index contributed by atoms with van der Waals surface area (Å²) in [5.74, 6) is 0. The summed E-state index contributed by atoms with van der Waals surface area (Å²) >= 11 is 0. The van der Waals surface area contributed by atoms with E-state index >= 15 is 0 Å². The molecule has 0 radical (unpaired) electrons. The van der Waals surface area contributed by atoms with Crippen molar-refractivity contribution >= 4 is 0 Å². The van der Waals surface area contributed by atoms with E-state index in [9.17, 15) is 0 Å². The van der Waals surface area contributed by atoms with E-state index in [4.69, 9.17) is 0 Å². The minimum atomic E-state index is 0. The molecule has 0 unspecified atom stereocenters. The van der Waals surface area contributed by atoms with Crippen molar-refractivity contribution in [3.8, 4) is 0 Å². The summed E-state index contributed by atoms with van der Waals surface area (Å²) in [6.07, 6.45) is 10.9. The molecule has 0 aliphatic heterocycles. The zero-order chi connectivity index (χ0) is 6.24. The van der Waals surface area contributed by atoms with Crippen LogP contribution in [0.3, 0.4) is 0 Å². The Bertz CT molecular complexity index is 70.6. The first-order chi connectivity index (χ1) is 3.91. The van der Waals surface area contributed by atoms with E-state index in [0.29, 0.717) is 0 Å². The Labute approximate surface area is 57.4 Å². The highest BCUT2D eigenvalue weighted by Gasteiger charge is 1.70. The molecule has 54 valence electrons. The third-order valence-electron chi connectivity index (χ3n) is 0.971. The Balaban J connectivity index is 0. The molecule has 0 aromatic heterocycles. The number of allylic oxidation sites excluding steroid dienone is 4. The van der Waals surface area contributed by atoms with E-state index in [-0.39, 0.29) is 5.48 Å². The molecule has 0 spiro atoms. The Morgan fingerprint density at radius 1 is 0.889 bits per heavy atom. The van der Waals surface area contributed by atoms with E-state index in [0.717, 1.165) is 0 Å². The number of unbranched alkanes of at least 4 members (excludes halogenated alkanes) is 1. The normalized spacial score (nSPS) is 10.4. The van der Waals surface area contributed by atoms with E-state index < -0.39 is 0 Å². The van der Waals surface area contributed by atoms with Crippen LogP contribution in [0.2, 0.25) is 0 Å². The van der Waals surface area contributed by atoms with Crippen LogP contribution >= 0.6 is 0 Å². The molecule has 0 fully saturated rings. The van der Waals surface area contributed by atoms with Crippen molar-refractivity contribution in [2.45, 2.75) is 26.7 Å². The minimum absolute atomic E-state index is 0. The monoisotopic (exact) mass is 128 g/mol. The van der Waals surface area contributed by atoms with Gasteiger partial charge in [0.1, 0.15) is 0 Å². The van der Waals surface area contributed by atoms with Crippen molar-refractivity contribution in [1.82, 2.24) is 0 Å². The Morgan fingerprint density at radius 2 is 1.22 bits per heavy atom. The summed E-state index contributed by atoms with van der Waals surface area (Å²) in [5.41, 5.74) is 0. The molecule has 0 amide bonds. The van der Waals surface area contributed by atoms with Crippen LogP contribution < -0.4 is 0 Å². The first kappa shape index (κ1) is 11.3. The van der Waals surface area contributed by atoms with Gasteiger partial charge in [-0.05, 0) is 26.7 Å². The molecule has 0 aliphatic rings. The molecular weight excluding hydrogens is 112 g/mol. The van der Waals surface area contributed by atoms with E-state index in [1.165, 1.54) is 12.8 Å². The second-order valence-electron chi connectivity index (χ2n) is 1.72. The second-order valence-corrected chi connectivity index (χ2v) is 1.72. The topological polar surface area (TPSA) is 31.5 Å². The lowest BCUT2D eigenvalue weighted by Gasteiger charge is -1.81. The molecule has 0 atom stereocenters. The van der Waals surface area contributed by atoms with Gasteiger partial charge in [0.2, 0.25) is 0 Å². The number of hydrogen-bond acceptors (Lipinski definition) is 0. The average molecular weight is 128 g/mol. The van der Waals surface area contributed by atoms with Gasteiger partial charge in [-0.1, -0.05) is 24.3 Å². The van der Waals surface area contributed by atoms with Crippen LogP contribution in [-0.2, 0) is 0 Å². The van der Waals surface area contributed by atoms with Crippen molar-refractivity contribution in [2.75, 3.05) is 0 Å². The summed E-state index contributed by atoms with van der Waals surface area (Å²) in [7, 11) is 0. The highest BCUT2D eigenvalue weighted by molar-refractivity contribution is 4.83. The number of hydrogen-bond donors (Lipinski definition) is 0. The third-order valence-corrected chi connectivity index (χ3v) is 0.971. The first-order valence-corrected chi connectivity index (χ1v) is 3.14. The van der Waals surface area contributed by atoms with E-state index in [1.807, 2.05) is 0 Å². The van der Waals surface area contributed by atoms with Crippen LogP contribution in [0.5, 0.6) is 0 Å². The lowest BCUT2D eigenvalue weighted by atomic mass is 10.3. The van der Waals surface area contributed by atoms with Gasteiger partial charge in [-0.15, -0.1) is 0 Å². The molecule has 0 saturated carbocycles. The second kappa shape index (κ2) is 10.4. The first-order valence-electron chi connectivity index (χ1n) is 3.14. The van der Waals surface area contributed by atoms with Crippen LogP contribution in [0, 0.1) is 0 Å². The van der Waals surface area contributed by atoms with Crippen molar-refractivity contribution in [1.29, 1.82) is 0 Å². The van der Waals surface area contributed by atoms with Crippen molar-refractivity contribution in [3.63, 3.8) is 0 Å². The molecular formula is C8H16O. The Morgan fingerprint density at radius 3 is 1.44 bits per heavy atom. The maximum Gasteiger partial charge on any atom is -0.0316 e. The maximum absolute atomic E-state index is 2.18. The quantitative estimate of drug-likeness (QED) is 0.412. The largest absolute Gasteiger partial charge is 0.412 e. The van der Waals surface area contributed by atoms with E-state index in [1.54, 1.807) is 0 Å². The lowest BCUT2D eigenvalue weighted by Crippen LogP contribution is -1.60. The smallest absolute Gasteiger partial charge is 0.0316 e. The molecule has 0 heterocycles. The standard InChI is InChI=1S/C8H14.H2O/c1-3-5-7-8-6-4-2;/h3-6H,7-8H2,1-2H3;1H2. The molecule has 0 saturated heterocycles. The van der Waals surface area contributed by atoms with Gasteiger partial charge in [0.25, 0.3) is 0 Å². The van der Waals surface area contributed by atoms with Crippen LogP contribution in [0.1, 0.15) is 26.7 Å². The molecule has 9 heavy (non-hydrogen) atoms. The van der Waals surface area contributed by atoms with Gasteiger partial charge in [0, 0.05) is 0 Å². The Hall–Kier alpha value is -0.560. The van der Waals surface area contributed by atoms with Gasteiger partial charge in [-0.3, -0.25) is 0 Å². The van der Waals surface area contributed by atoms with Crippen LogP contribution in [-0.4, -0.2) is 5.48 Å². The van der Waals surface area contributed by atoms with E-state index in [2.05, 4.69) is 38.2 Å². The zero-order valence-electron chi connectivity index (χ0n) is 6.22. The van der Waals surface area contributed by atoms with Crippen LogP contribution in [0.25, 0.3) is 0 Å². The molecule has 0 aromatic carbocycles. The average Bonchev–Trinajstić information content (AvgIpc) is 1.81. The summed E-state index contributed by atoms with van der Waals surface area (Å²) < 4.78 is 0. The summed E-state index contributed by atoms with van der Waals surface area (Å²) in [6.45, 7) is 4.10. The molecule has 2 N–H and O–H groups in total. The van der Waals surface area contributed by atoms with Gasteiger partial charge in [-0.25, -0.2) is 0 Å². The fourth-order valence-electron chi connectivity index (χ4n) is 0.526. The van der Waals surface area contributed by atoms with Crippen LogP contribution in [0.15, 0.2) is 24.3 Å². The molecule has 0 aliphatic carbocycles. The molecule has 1 nitrogen and oxygen atoms in total. The molecule has 0 aromatic rings. The van der Waals surface area contributed by atoms with Crippen molar-refractivity contribution in [3.05, 3.63) is 24.3 Å². The maximum atomic E-state index is 2.18. The molecule has 0 rings (SSSR count).